The van der Waals surface area contributed by atoms with Gasteiger partial charge in [0.1, 0.15) is 0 Å². The molecular weight excluding hydrogens is 236 g/mol. The monoisotopic (exact) mass is 256 g/mol. The minimum absolute atomic E-state index is 0.148. The largest absolute Gasteiger partial charge is 0.466 e. The highest BCUT2D eigenvalue weighted by atomic mass is 32.1. The van der Waals surface area contributed by atoms with Gasteiger partial charge in [0.2, 0.25) is 0 Å². The molecule has 5 heteroatoms. The van der Waals surface area contributed by atoms with Crippen molar-refractivity contribution in [2.75, 3.05) is 13.2 Å². The first kappa shape index (κ1) is 14.1. The molecule has 0 saturated carbocycles. The summed E-state index contributed by atoms with van der Waals surface area (Å²) in [6, 6.07) is 0. The van der Waals surface area contributed by atoms with E-state index in [4.69, 9.17) is 4.74 Å². The first-order chi connectivity index (χ1) is 8.26. The van der Waals surface area contributed by atoms with Crippen LogP contribution in [0.5, 0.6) is 0 Å². The summed E-state index contributed by atoms with van der Waals surface area (Å²) in [7, 11) is 0. The van der Waals surface area contributed by atoms with Gasteiger partial charge in [0.25, 0.3) is 0 Å². The molecule has 0 saturated heterocycles. The van der Waals surface area contributed by atoms with E-state index in [0.29, 0.717) is 19.6 Å². The Balaban J connectivity index is 2.15. The number of carbonyl (C=O) groups excluding carboxylic acids is 1. The van der Waals surface area contributed by atoms with Crippen LogP contribution in [0, 0.1) is 0 Å². The van der Waals surface area contributed by atoms with Crippen LogP contribution in [0.2, 0.25) is 0 Å². The zero-order chi connectivity index (χ0) is 12.5. The van der Waals surface area contributed by atoms with Crippen molar-refractivity contribution in [3.63, 3.8) is 0 Å². The molecule has 0 atom stereocenters. The zero-order valence-corrected chi connectivity index (χ0v) is 11.3. The molecule has 96 valence electrons. The maximum atomic E-state index is 11.1. The van der Waals surface area contributed by atoms with Gasteiger partial charge in [-0.25, -0.2) is 4.98 Å². The van der Waals surface area contributed by atoms with Crippen LogP contribution in [-0.2, 0) is 22.5 Å². The van der Waals surface area contributed by atoms with Crippen molar-refractivity contribution in [1.29, 1.82) is 0 Å². The predicted molar refractivity (Wildman–Crippen MR) is 69.1 cm³/mol. The van der Waals surface area contributed by atoms with Gasteiger partial charge in [-0.05, 0) is 19.8 Å². The van der Waals surface area contributed by atoms with Crippen molar-refractivity contribution in [2.45, 2.75) is 39.7 Å². The number of carbonyl (C=O) groups is 1. The Hall–Kier alpha value is -0.940. The molecule has 0 amide bonds. The number of nitrogens with one attached hydrogen (secondary N) is 1. The van der Waals surface area contributed by atoms with Gasteiger partial charge >= 0.3 is 5.97 Å². The van der Waals surface area contributed by atoms with Gasteiger partial charge in [-0.1, -0.05) is 6.92 Å². The third kappa shape index (κ3) is 5.79. The Kier molecular flexibility index (Phi) is 6.81. The lowest BCUT2D eigenvalue weighted by atomic mass is 10.3. The van der Waals surface area contributed by atoms with Crippen LogP contribution in [0.3, 0.4) is 0 Å². The van der Waals surface area contributed by atoms with Crippen LogP contribution >= 0.6 is 11.3 Å². The Morgan fingerprint density at radius 1 is 1.53 bits per heavy atom. The molecule has 0 radical (unpaired) electrons. The number of rotatable bonds is 8. The first-order valence-corrected chi connectivity index (χ1v) is 6.93. The molecule has 0 spiro atoms. The average molecular weight is 256 g/mol. The molecule has 0 aliphatic heterocycles. The number of aromatic nitrogens is 1. The third-order valence-electron chi connectivity index (χ3n) is 2.18. The molecule has 1 rings (SSSR count). The van der Waals surface area contributed by atoms with E-state index in [0.717, 1.165) is 25.1 Å². The molecule has 1 aromatic rings. The van der Waals surface area contributed by atoms with Crippen LogP contribution in [0.25, 0.3) is 0 Å². The van der Waals surface area contributed by atoms with E-state index in [1.165, 1.54) is 5.01 Å². The molecular formula is C12H20N2O2S. The number of aryl methyl sites for hydroxylation is 1. The lowest BCUT2D eigenvalue weighted by Gasteiger charge is -2.02. The normalized spacial score (nSPS) is 10.5. The fourth-order valence-electron chi connectivity index (χ4n) is 1.40. The Labute approximate surface area is 106 Å². The molecule has 1 N–H and O–H groups in total. The van der Waals surface area contributed by atoms with Crippen molar-refractivity contribution in [3.05, 3.63) is 16.1 Å². The van der Waals surface area contributed by atoms with Gasteiger partial charge in [-0.2, -0.15) is 0 Å². The second-order valence-corrected chi connectivity index (χ2v) is 4.66. The lowest BCUT2D eigenvalue weighted by molar-refractivity contribution is -0.142. The van der Waals surface area contributed by atoms with E-state index in [-0.39, 0.29) is 5.97 Å². The summed E-state index contributed by atoms with van der Waals surface area (Å²) in [6.45, 7) is 5.78. The Bertz CT molecular complexity index is 339. The minimum atomic E-state index is -0.148. The van der Waals surface area contributed by atoms with E-state index >= 15 is 0 Å². The van der Waals surface area contributed by atoms with Gasteiger partial charge in [-0.3, -0.25) is 4.79 Å². The minimum Gasteiger partial charge on any atom is -0.466 e. The number of nitrogens with zero attached hydrogens (tertiary/aromatic N) is 1. The highest BCUT2D eigenvalue weighted by Crippen LogP contribution is 2.11. The molecule has 1 heterocycles. The number of hydrogen-bond acceptors (Lipinski definition) is 5. The highest BCUT2D eigenvalue weighted by Gasteiger charge is 2.03. The second kappa shape index (κ2) is 8.20. The fraction of sp³-hybridized carbons (Fsp3) is 0.667. The van der Waals surface area contributed by atoms with Gasteiger partial charge in [0, 0.05) is 18.5 Å². The summed E-state index contributed by atoms with van der Waals surface area (Å²) in [4.78, 5) is 15.6. The summed E-state index contributed by atoms with van der Waals surface area (Å²) in [6.07, 6.45) is 2.59. The van der Waals surface area contributed by atoms with E-state index in [1.54, 1.807) is 11.3 Å². The van der Waals surface area contributed by atoms with Crippen molar-refractivity contribution in [2.24, 2.45) is 0 Å². The maximum absolute atomic E-state index is 11.1. The van der Waals surface area contributed by atoms with E-state index in [9.17, 15) is 4.79 Å². The van der Waals surface area contributed by atoms with Gasteiger partial charge < -0.3 is 10.1 Å². The van der Waals surface area contributed by atoms with Crippen LogP contribution in [0.4, 0.5) is 0 Å². The number of ether oxygens (including phenoxy) is 1. The smallest absolute Gasteiger partial charge is 0.307 e. The SMILES string of the molecule is CCCc1nc(CNCCC(=O)OCC)cs1. The Morgan fingerprint density at radius 3 is 3.06 bits per heavy atom. The molecule has 1 aromatic heterocycles. The topological polar surface area (TPSA) is 51.2 Å². The van der Waals surface area contributed by atoms with Gasteiger partial charge in [-0.15, -0.1) is 11.3 Å². The number of hydrogen-bond donors (Lipinski definition) is 1. The van der Waals surface area contributed by atoms with E-state index in [1.807, 2.05) is 6.92 Å². The van der Waals surface area contributed by atoms with Crippen molar-refractivity contribution in [1.82, 2.24) is 10.3 Å². The first-order valence-electron chi connectivity index (χ1n) is 6.05. The number of thiazole rings is 1. The molecule has 0 unspecified atom stereocenters. The van der Waals surface area contributed by atoms with Crippen LogP contribution in [-0.4, -0.2) is 24.1 Å². The van der Waals surface area contributed by atoms with Crippen LogP contribution in [0.1, 0.15) is 37.4 Å². The molecule has 0 fully saturated rings. The van der Waals surface area contributed by atoms with Gasteiger partial charge in [0.15, 0.2) is 0 Å². The summed E-state index contributed by atoms with van der Waals surface area (Å²) >= 11 is 1.70. The summed E-state index contributed by atoms with van der Waals surface area (Å²) < 4.78 is 4.84. The average Bonchev–Trinajstić information content (AvgIpc) is 2.73. The molecule has 0 aliphatic carbocycles. The highest BCUT2D eigenvalue weighted by molar-refractivity contribution is 7.09. The van der Waals surface area contributed by atoms with E-state index in [2.05, 4.69) is 22.6 Å². The summed E-state index contributed by atoms with van der Waals surface area (Å²) in [5.41, 5.74) is 1.06. The summed E-state index contributed by atoms with van der Waals surface area (Å²) in [5.74, 6) is -0.148. The predicted octanol–water partition coefficient (Wildman–Crippen LogP) is 2.14. The van der Waals surface area contributed by atoms with Crippen LogP contribution < -0.4 is 5.32 Å². The third-order valence-corrected chi connectivity index (χ3v) is 3.14. The molecule has 0 aliphatic rings. The maximum Gasteiger partial charge on any atom is 0.307 e. The van der Waals surface area contributed by atoms with Gasteiger partial charge in [0.05, 0.1) is 23.7 Å². The van der Waals surface area contributed by atoms with Crippen LogP contribution in [0.15, 0.2) is 5.38 Å². The van der Waals surface area contributed by atoms with Crippen molar-refractivity contribution < 1.29 is 9.53 Å². The number of esters is 1. The lowest BCUT2D eigenvalue weighted by Crippen LogP contribution is -2.19. The molecule has 17 heavy (non-hydrogen) atoms. The standard InChI is InChI=1S/C12H20N2O2S/c1-3-5-11-14-10(9-17-11)8-13-7-6-12(15)16-4-2/h9,13H,3-8H2,1-2H3. The zero-order valence-electron chi connectivity index (χ0n) is 10.5. The Morgan fingerprint density at radius 2 is 2.35 bits per heavy atom. The second-order valence-electron chi connectivity index (χ2n) is 3.71. The molecule has 0 aromatic carbocycles. The van der Waals surface area contributed by atoms with Crippen molar-refractivity contribution in [3.8, 4) is 0 Å². The fourth-order valence-corrected chi connectivity index (χ4v) is 2.30. The summed E-state index contributed by atoms with van der Waals surface area (Å²) in [5, 5.41) is 6.45. The quantitative estimate of drug-likeness (QED) is 0.572. The molecule has 4 nitrogen and oxygen atoms in total. The van der Waals surface area contributed by atoms with Crippen molar-refractivity contribution >= 4 is 17.3 Å². The van der Waals surface area contributed by atoms with E-state index < -0.39 is 0 Å². The molecule has 0 bridgehead atoms.